The molecule has 1 unspecified atom stereocenters. The zero-order chi connectivity index (χ0) is 22.8. The molecule has 1 aliphatic heterocycles. The number of piperidine rings is 1. The van der Waals surface area contributed by atoms with Gasteiger partial charge in [0.25, 0.3) is 5.56 Å². The van der Waals surface area contributed by atoms with Crippen LogP contribution in [0.3, 0.4) is 0 Å². The molecule has 8 nitrogen and oxygen atoms in total. The maximum absolute atomic E-state index is 12.7. The Labute approximate surface area is 186 Å². The third kappa shape index (κ3) is 4.60. The number of carbonyl (C=O) groups is 1. The van der Waals surface area contributed by atoms with Gasteiger partial charge in [-0.1, -0.05) is 0 Å². The Hall–Kier alpha value is -3.39. The van der Waals surface area contributed by atoms with E-state index in [1.54, 1.807) is 27.7 Å². The van der Waals surface area contributed by atoms with E-state index in [1.165, 1.54) is 0 Å². The highest BCUT2D eigenvalue weighted by Gasteiger charge is 2.23. The van der Waals surface area contributed by atoms with E-state index >= 15 is 0 Å². The molecule has 168 valence electrons. The van der Waals surface area contributed by atoms with Crippen molar-refractivity contribution in [3.8, 4) is 22.6 Å². The molecule has 0 bridgehead atoms. The molecule has 3 aromatic heterocycles. The molecule has 8 heteroatoms. The first-order chi connectivity index (χ1) is 15.3. The van der Waals surface area contributed by atoms with E-state index < -0.39 is 6.10 Å². The molecule has 32 heavy (non-hydrogen) atoms. The van der Waals surface area contributed by atoms with E-state index in [2.05, 4.69) is 10.3 Å². The van der Waals surface area contributed by atoms with Crippen LogP contribution in [0.1, 0.15) is 38.5 Å². The van der Waals surface area contributed by atoms with Crippen molar-refractivity contribution in [2.24, 2.45) is 0 Å². The van der Waals surface area contributed by atoms with Crippen molar-refractivity contribution in [1.82, 2.24) is 14.5 Å². The van der Waals surface area contributed by atoms with Crippen LogP contribution >= 0.6 is 0 Å². The van der Waals surface area contributed by atoms with Gasteiger partial charge in [0, 0.05) is 42.5 Å². The molecule has 4 heterocycles. The molecular weight excluding hydrogens is 408 g/mol. The van der Waals surface area contributed by atoms with Crippen LogP contribution in [0.25, 0.3) is 22.6 Å². The molecule has 3 aromatic rings. The SMILES string of the molecule is Cc1ccc(-c2nc(NC(=O)N3CCCC(O)C3)ccc2-c2ccc(=O)n(C(C)C)c2)o1. The molecule has 1 fully saturated rings. The van der Waals surface area contributed by atoms with Crippen LogP contribution in [0.5, 0.6) is 0 Å². The van der Waals surface area contributed by atoms with Crippen LogP contribution < -0.4 is 10.9 Å². The summed E-state index contributed by atoms with van der Waals surface area (Å²) in [5.74, 6) is 1.71. The summed E-state index contributed by atoms with van der Waals surface area (Å²) in [4.78, 5) is 31.2. The Bertz CT molecular complexity index is 1180. The topological polar surface area (TPSA) is 101 Å². The van der Waals surface area contributed by atoms with Crippen LogP contribution in [0.2, 0.25) is 0 Å². The summed E-state index contributed by atoms with van der Waals surface area (Å²) in [5.41, 5.74) is 2.12. The van der Waals surface area contributed by atoms with Gasteiger partial charge in [-0.15, -0.1) is 0 Å². The number of nitrogens with zero attached hydrogens (tertiary/aromatic N) is 3. The Morgan fingerprint density at radius 3 is 2.72 bits per heavy atom. The molecule has 0 spiro atoms. The molecule has 2 amide bonds. The largest absolute Gasteiger partial charge is 0.460 e. The Kier molecular flexibility index (Phi) is 6.14. The van der Waals surface area contributed by atoms with Crippen LogP contribution in [0.4, 0.5) is 10.6 Å². The van der Waals surface area contributed by atoms with Crippen LogP contribution in [0.15, 0.2) is 51.8 Å². The average molecular weight is 437 g/mol. The lowest BCUT2D eigenvalue weighted by molar-refractivity contribution is 0.0883. The van der Waals surface area contributed by atoms with Crippen LogP contribution in [-0.2, 0) is 0 Å². The standard InChI is InChI=1S/C24H28N4O4/c1-15(2)28-13-17(7-11-22(28)30)19-8-10-21(25-23(19)20-9-6-16(3)32-20)26-24(31)27-12-4-5-18(29)14-27/h6-11,13,15,18,29H,4-5,12,14H2,1-3H3,(H,25,26,31). The molecule has 1 aliphatic rings. The third-order valence-electron chi connectivity index (χ3n) is 5.59. The number of hydrogen-bond acceptors (Lipinski definition) is 5. The second-order valence-electron chi connectivity index (χ2n) is 8.43. The molecule has 2 N–H and O–H groups in total. The number of nitrogens with one attached hydrogen (secondary N) is 1. The summed E-state index contributed by atoms with van der Waals surface area (Å²) in [6.07, 6.45) is 2.79. The molecule has 0 saturated carbocycles. The molecular formula is C24H28N4O4. The van der Waals surface area contributed by atoms with Gasteiger partial charge in [-0.3, -0.25) is 10.1 Å². The minimum absolute atomic E-state index is 0.0168. The van der Waals surface area contributed by atoms with Crippen molar-refractivity contribution in [2.75, 3.05) is 18.4 Å². The van der Waals surface area contributed by atoms with Crippen LogP contribution in [-0.4, -0.2) is 44.8 Å². The van der Waals surface area contributed by atoms with Crippen molar-refractivity contribution in [1.29, 1.82) is 0 Å². The van der Waals surface area contributed by atoms with E-state index in [9.17, 15) is 14.7 Å². The van der Waals surface area contributed by atoms with E-state index in [0.29, 0.717) is 36.8 Å². The summed E-state index contributed by atoms with van der Waals surface area (Å²) in [5, 5.41) is 12.7. The third-order valence-corrected chi connectivity index (χ3v) is 5.59. The second-order valence-corrected chi connectivity index (χ2v) is 8.43. The summed E-state index contributed by atoms with van der Waals surface area (Å²) < 4.78 is 7.51. The number of carbonyl (C=O) groups excluding carboxylic acids is 1. The predicted octanol–water partition coefficient (Wildman–Crippen LogP) is 4.05. The number of anilines is 1. The lowest BCUT2D eigenvalue weighted by Gasteiger charge is -2.30. The highest BCUT2D eigenvalue weighted by molar-refractivity contribution is 5.90. The summed E-state index contributed by atoms with van der Waals surface area (Å²) >= 11 is 0. The monoisotopic (exact) mass is 436 g/mol. The van der Waals surface area contributed by atoms with Gasteiger partial charge in [0.2, 0.25) is 0 Å². The van der Waals surface area contributed by atoms with Gasteiger partial charge in [0.05, 0.1) is 6.10 Å². The summed E-state index contributed by atoms with van der Waals surface area (Å²) in [7, 11) is 0. The first-order valence-electron chi connectivity index (χ1n) is 10.9. The Morgan fingerprint density at radius 1 is 1.22 bits per heavy atom. The van der Waals surface area contributed by atoms with E-state index in [0.717, 1.165) is 23.3 Å². The molecule has 1 atom stereocenters. The zero-order valence-electron chi connectivity index (χ0n) is 18.5. The number of likely N-dealkylation sites (tertiary alicyclic amines) is 1. The maximum Gasteiger partial charge on any atom is 0.323 e. The average Bonchev–Trinajstić information content (AvgIpc) is 3.20. The highest BCUT2D eigenvalue weighted by atomic mass is 16.3. The number of furan rings is 1. The van der Waals surface area contributed by atoms with Gasteiger partial charge in [0.15, 0.2) is 5.76 Å². The molecule has 1 saturated heterocycles. The lowest BCUT2D eigenvalue weighted by atomic mass is 10.0. The number of amides is 2. The number of aliphatic hydroxyl groups excluding tert-OH is 1. The number of rotatable bonds is 4. The molecule has 4 rings (SSSR count). The normalized spacial score (nSPS) is 16.4. The minimum Gasteiger partial charge on any atom is -0.460 e. The fourth-order valence-electron chi connectivity index (χ4n) is 3.91. The van der Waals surface area contributed by atoms with Crippen molar-refractivity contribution >= 4 is 11.8 Å². The summed E-state index contributed by atoms with van der Waals surface area (Å²) in [6.45, 7) is 6.68. The summed E-state index contributed by atoms with van der Waals surface area (Å²) in [6, 6.07) is 10.3. The van der Waals surface area contributed by atoms with Gasteiger partial charge < -0.3 is 19.0 Å². The quantitative estimate of drug-likeness (QED) is 0.643. The van der Waals surface area contributed by atoms with Crippen molar-refractivity contribution in [3.63, 3.8) is 0 Å². The lowest BCUT2D eigenvalue weighted by Crippen LogP contribution is -2.44. The number of urea groups is 1. The number of β-amino-alcohol motifs (C(OH)–C–C–N with tert-alkyl or cyclic N) is 1. The van der Waals surface area contributed by atoms with Crippen molar-refractivity contribution in [3.05, 3.63) is 58.7 Å². The number of hydrogen-bond donors (Lipinski definition) is 2. The first kappa shape index (κ1) is 21.8. The van der Waals surface area contributed by atoms with Gasteiger partial charge in [-0.05, 0) is 63.9 Å². The second kappa shape index (κ2) is 9.00. The molecule has 0 aliphatic carbocycles. The first-order valence-corrected chi connectivity index (χ1v) is 10.9. The Balaban J connectivity index is 1.71. The van der Waals surface area contributed by atoms with E-state index in [4.69, 9.17) is 4.42 Å². The van der Waals surface area contributed by atoms with Crippen LogP contribution in [0, 0.1) is 6.92 Å². The van der Waals surface area contributed by atoms with Gasteiger partial charge in [-0.2, -0.15) is 0 Å². The number of aromatic nitrogens is 2. The molecule has 0 radical (unpaired) electrons. The van der Waals surface area contributed by atoms with Gasteiger partial charge >= 0.3 is 6.03 Å². The molecule has 0 aromatic carbocycles. The van der Waals surface area contributed by atoms with Gasteiger partial charge in [-0.25, -0.2) is 9.78 Å². The minimum atomic E-state index is -0.497. The zero-order valence-corrected chi connectivity index (χ0v) is 18.5. The smallest absolute Gasteiger partial charge is 0.323 e. The van der Waals surface area contributed by atoms with E-state index in [1.807, 2.05) is 45.2 Å². The fraction of sp³-hybridized carbons (Fsp3) is 0.375. The number of aryl methyl sites for hydroxylation is 1. The maximum atomic E-state index is 12.7. The fourth-order valence-corrected chi connectivity index (χ4v) is 3.91. The van der Waals surface area contributed by atoms with E-state index in [-0.39, 0.29) is 17.6 Å². The predicted molar refractivity (Wildman–Crippen MR) is 123 cm³/mol. The van der Waals surface area contributed by atoms with Crippen molar-refractivity contribution in [2.45, 2.75) is 45.8 Å². The number of pyridine rings is 2. The highest BCUT2D eigenvalue weighted by Crippen LogP contribution is 2.33. The van der Waals surface area contributed by atoms with Gasteiger partial charge in [0.1, 0.15) is 17.3 Å². The Morgan fingerprint density at radius 2 is 2.03 bits per heavy atom. The van der Waals surface area contributed by atoms with Crippen molar-refractivity contribution < 1.29 is 14.3 Å². The number of aliphatic hydroxyl groups is 1.